The molecule has 0 saturated carbocycles. The molecule has 4 nitrogen and oxygen atoms in total. The summed E-state index contributed by atoms with van der Waals surface area (Å²) in [4.78, 5) is 11.6. The van der Waals surface area contributed by atoms with E-state index in [2.05, 4.69) is 5.32 Å². The maximum absolute atomic E-state index is 11.6. The van der Waals surface area contributed by atoms with Gasteiger partial charge >= 0.3 is 6.09 Å². The summed E-state index contributed by atoms with van der Waals surface area (Å²) in [6.07, 6.45) is 1.18. The number of alkyl carbamates (subject to hydrolysis) is 1. The van der Waals surface area contributed by atoms with Crippen molar-refractivity contribution < 1.29 is 14.3 Å². The van der Waals surface area contributed by atoms with E-state index in [0.717, 1.165) is 24.2 Å². The maximum Gasteiger partial charge on any atom is 0.407 e. The quantitative estimate of drug-likeness (QED) is 0.785. The van der Waals surface area contributed by atoms with E-state index in [0.29, 0.717) is 13.2 Å². The number of hydrogen-bond acceptors (Lipinski definition) is 3. The van der Waals surface area contributed by atoms with Crippen LogP contribution >= 0.6 is 11.6 Å². The zero-order valence-corrected chi connectivity index (χ0v) is 15.1. The number of aryl methyl sites for hydroxylation is 1. The second kappa shape index (κ2) is 9.46. The van der Waals surface area contributed by atoms with Crippen molar-refractivity contribution in [3.63, 3.8) is 0 Å². The van der Waals surface area contributed by atoms with Crippen molar-refractivity contribution in [2.75, 3.05) is 13.2 Å². The van der Waals surface area contributed by atoms with E-state index >= 15 is 0 Å². The molecule has 0 heterocycles. The van der Waals surface area contributed by atoms with Gasteiger partial charge in [-0.05, 0) is 63.8 Å². The highest BCUT2D eigenvalue weighted by Gasteiger charge is 2.15. The van der Waals surface area contributed by atoms with Crippen molar-refractivity contribution in [2.24, 2.45) is 0 Å². The lowest BCUT2D eigenvalue weighted by molar-refractivity contribution is 0.0532. The molecule has 0 unspecified atom stereocenters. The van der Waals surface area contributed by atoms with Crippen LogP contribution in [0.3, 0.4) is 0 Å². The van der Waals surface area contributed by atoms with E-state index in [4.69, 9.17) is 21.1 Å². The lowest BCUT2D eigenvalue weighted by Crippen LogP contribution is -2.33. The Labute approximate surface area is 143 Å². The van der Waals surface area contributed by atoms with Crippen LogP contribution in [-0.2, 0) is 11.2 Å². The molecule has 1 rings (SSSR count). The van der Waals surface area contributed by atoms with Crippen LogP contribution in [0.5, 0.6) is 5.75 Å². The van der Waals surface area contributed by atoms with Crippen LogP contribution in [0, 0.1) is 0 Å². The van der Waals surface area contributed by atoms with Gasteiger partial charge in [0.1, 0.15) is 11.4 Å². The molecule has 1 aromatic rings. The third kappa shape index (κ3) is 8.50. The first-order chi connectivity index (χ1) is 10.8. The Morgan fingerprint density at radius 2 is 1.91 bits per heavy atom. The predicted molar refractivity (Wildman–Crippen MR) is 94.1 cm³/mol. The third-order valence-electron chi connectivity index (χ3n) is 2.98. The van der Waals surface area contributed by atoms with Gasteiger partial charge in [0.15, 0.2) is 0 Å². The molecule has 23 heavy (non-hydrogen) atoms. The van der Waals surface area contributed by atoms with Crippen molar-refractivity contribution in [1.29, 1.82) is 0 Å². The molecule has 0 atom stereocenters. The van der Waals surface area contributed by atoms with Crippen molar-refractivity contribution in [1.82, 2.24) is 5.32 Å². The zero-order chi connectivity index (χ0) is 17.3. The monoisotopic (exact) mass is 339 g/mol. The zero-order valence-electron chi connectivity index (χ0n) is 14.3. The van der Waals surface area contributed by atoms with Crippen LogP contribution < -0.4 is 10.1 Å². The molecule has 0 aliphatic rings. The average molecular weight is 340 g/mol. The highest BCUT2D eigenvalue weighted by Crippen LogP contribution is 2.15. The molecule has 0 radical (unpaired) electrons. The largest absolute Gasteiger partial charge is 0.494 e. The van der Waals surface area contributed by atoms with E-state index < -0.39 is 11.7 Å². The van der Waals surface area contributed by atoms with Crippen LogP contribution in [0.2, 0.25) is 0 Å². The SMILES string of the molecule is CCOc1ccc(CC/C(=C/Cl)CNC(=O)OC(C)(C)C)cc1. The molecule has 5 heteroatoms. The number of hydrogen-bond donors (Lipinski definition) is 1. The Morgan fingerprint density at radius 3 is 2.43 bits per heavy atom. The van der Waals surface area contributed by atoms with Gasteiger partial charge in [-0.25, -0.2) is 4.79 Å². The first-order valence-electron chi connectivity index (χ1n) is 7.80. The first kappa shape index (κ1) is 19.4. The summed E-state index contributed by atoms with van der Waals surface area (Å²) < 4.78 is 10.6. The molecule has 0 aliphatic carbocycles. The van der Waals surface area contributed by atoms with Crippen molar-refractivity contribution in [3.05, 3.63) is 40.9 Å². The van der Waals surface area contributed by atoms with Gasteiger partial charge in [-0.3, -0.25) is 0 Å². The number of rotatable bonds is 7. The molecule has 0 aromatic heterocycles. The lowest BCUT2D eigenvalue weighted by atomic mass is 10.1. The Balaban J connectivity index is 2.40. The maximum atomic E-state index is 11.6. The van der Waals surface area contributed by atoms with Crippen LogP contribution in [-0.4, -0.2) is 24.8 Å². The van der Waals surface area contributed by atoms with Crippen LogP contribution in [0.4, 0.5) is 4.79 Å². The molecule has 1 aromatic carbocycles. The minimum atomic E-state index is -0.503. The molecule has 0 saturated heterocycles. The number of halogens is 1. The summed E-state index contributed by atoms with van der Waals surface area (Å²) in [5.41, 5.74) is 3.16. The number of carbonyl (C=O) groups excluding carboxylic acids is 1. The topological polar surface area (TPSA) is 47.6 Å². The lowest BCUT2D eigenvalue weighted by Gasteiger charge is -2.20. The molecule has 0 fully saturated rings. The standard InChI is InChI=1S/C18H26ClNO3/c1-5-22-16-10-8-14(9-11-16)6-7-15(12-19)13-20-17(21)23-18(2,3)4/h8-12H,5-7,13H2,1-4H3,(H,20,21)/b15-12-. The Kier molecular flexibility index (Phi) is 7.96. The average Bonchev–Trinajstić information content (AvgIpc) is 2.47. The van der Waals surface area contributed by atoms with Crippen LogP contribution in [0.25, 0.3) is 0 Å². The molecule has 0 bridgehead atoms. The summed E-state index contributed by atoms with van der Waals surface area (Å²) in [7, 11) is 0. The van der Waals surface area contributed by atoms with Crippen molar-refractivity contribution in [2.45, 2.75) is 46.1 Å². The molecular formula is C18H26ClNO3. The molecule has 128 valence electrons. The van der Waals surface area contributed by atoms with Crippen LogP contribution in [0.1, 0.15) is 39.7 Å². The smallest absolute Gasteiger partial charge is 0.407 e. The predicted octanol–water partition coefficient (Wildman–Crippen LogP) is 4.67. The third-order valence-corrected chi connectivity index (χ3v) is 3.29. The second-order valence-electron chi connectivity index (χ2n) is 6.20. The van der Waals surface area contributed by atoms with Gasteiger partial charge in [0.25, 0.3) is 0 Å². The molecular weight excluding hydrogens is 314 g/mol. The molecule has 1 N–H and O–H groups in total. The van der Waals surface area contributed by atoms with Gasteiger partial charge in [0.2, 0.25) is 0 Å². The number of nitrogens with one attached hydrogen (secondary N) is 1. The van der Waals surface area contributed by atoms with E-state index in [1.807, 2.05) is 52.0 Å². The normalized spacial score (nSPS) is 12.0. The summed E-state index contributed by atoms with van der Waals surface area (Å²) in [5.74, 6) is 0.871. The molecule has 1 amide bonds. The summed E-state index contributed by atoms with van der Waals surface area (Å²) in [6, 6.07) is 8.00. The van der Waals surface area contributed by atoms with E-state index in [9.17, 15) is 4.79 Å². The first-order valence-corrected chi connectivity index (χ1v) is 8.24. The number of benzene rings is 1. The number of ether oxygens (including phenoxy) is 2. The number of amides is 1. The Morgan fingerprint density at radius 1 is 1.26 bits per heavy atom. The highest BCUT2D eigenvalue weighted by molar-refractivity contribution is 6.25. The minimum absolute atomic E-state index is 0.384. The minimum Gasteiger partial charge on any atom is -0.494 e. The summed E-state index contributed by atoms with van der Waals surface area (Å²) in [5, 5.41) is 2.72. The summed E-state index contributed by atoms with van der Waals surface area (Å²) in [6.45, 7) is 8.50. The van der Waals surface area contributed by atoms with Gasteiger partial charge in [-0.1, -0.05) is 23.7 Å². The Hall–Kier alpha value is -1.68. The van der Waals surface area contributed by atoms with Gasteiger partial charge < -0.3 is 14.8 Å². The van der Waals surface area contributed by atoms with Crippen molar-refractivity contribution in [3.8, 4) is 5.75 Å². The Bertz CT molecular complexity index is 518. The van der Waals surface area contributed by atoms with Gasteiger partial charge in [-0.2, -0.15) is 0 Å². The number of carbonyl (C=O) groups is 1. The fraction of sp³-hybridized carbons (Fsp3) is 0.500. The van der Waals surface area contributed by atoms with Crippen molar-refractivity contribution >= 4 is 17.7 Å². The van der Waals surface area contributed by atoms with E-state index in [1.54, 1.807) is 0 Å². The fourth-order valence-corrected chi connectivity index (χ4v) is 2.09. The fourth-order valence-electron chi connectivity index (χ4n) is 1.91. The van der Waals surface area contributed by atoms with Gasteiger partial charge in [0.05, 0.1) is 6.61 Å². The van der Waals surface area contributed by atoms with Crippen LogP contribution in [0.15, 0.2) is 35.4 Å². The van der Waals surface area contributed by atoms with E-state index in [-0.39, 0.29) is 0 Å². The second-order valence-corrected chi connectivity index (χ2v) is 6.42. The van der Waals surface area contributed by atoms with E-state index in [1.165, 1.54) is 11.1 Å². The van der Waals surface area contributed by atoms with Gasteiger partial charge in [0, 0.05) is 12.1 Å². The highest BCUT2D eigenvalue weighted by atomic mass is 35.5. The summed E-state index contributed by atoms with van der Waals surface area (Å²) >= 11 is 5.84. The van der Waals surface area contributed by atoms with Gasteiger partial charge in [-0.15, -0.1) is 0 Å². The molecule has 0 spiro atoms. The molecule has 0 aliphatic heterocycles.